The van der Waals surface area contributed by atoms with Crippen LogP contribution in [0.4, 0.5) is 8.78 Å². The molecule has 0 amide bonds. The number of hydrogen-bond acceptors (Lipinski definition) is 2. The molecule has 0 aliphatic rings. The van der Waals surface area contributed by atoms with Crippen molar-refractivity contribution in [3.8, 4) is 11.5 Å². The fourth-order valence-electron chi connectivity index (χ4n) is 1.48. The molecule has 0 atom stereocenters. The maximum atomic E-state index is 13.6. The Labute approximate surface area is 103 Å². The van der Waals surface area contributed by atoms with Crippen LogP contribution in [0.15, 0.2) is 42.5 Å². The van der Waals surface area contributed by atoms with Gasteiger partial charge >= 0.3 is 0 Å². The van der Waals surface area contributed by atoms with Crippen molar-refractivity contribution in [2.45, 2.75) is 6.42 Å². The highest BCUT2D eigenvalue weighted by Gasteiger charge is 2.06. The molecule has 2 aromatic carbocycles. The summed E-state index contributed by atoms with van der Waals surface area (Å²) in [6.07, 6.45) is 0.864. The first kappa shape index (κ1) is 12.2. The average Bonchev–Trinajstić information content (AvgIpc) is 2.36. The smallest absolute Gasteiger partial charge is 0.166 e. The lowest BCUT2D eigenvalue weighted by molar-refractivity contribution is -0.107. The zero-order valence-electron chi connectivity index (χ0n) is 9.40. The first-order valence-electron chi connectivity index (χ1n) is 5.34. The number of benzene rings is 2. The van der Waals surface area contributed by atoms with E-state index in [0.717, 1.165) is 0 Å². The van der Waals surface area contributed by atoms with Crippen LogP contribution in [-0.4, -0.2) is 6.29 Å². The summed E-state index contributed by atoms with van der Waals surface area (Å²) >= 11 is 0. The molecule has 0 aliphatic carbocycles. The molecule has 2 nitrogen and oxygen atoms in total. The Morgan fingerprint density at radius 1 is 1.06 bits per heavy atom. The zero-order chi connectivity index (χ0) is 13.0. The Kier molecular flexibility index (Phi) is 3.67. The lowest BCUT2D eigenvalue weighted by Gasteiger charge is -2.07. The summed E-state index contributed by atoms with van der Waals surface area (Å²) in [5, 5.41) is 0. The molecule has 0 radical (unpaired) electrons. The zero-order valence-corrected chi connectivity index (χ0v) is 9.40. The number of rotatable bonds is 4. The molecule has 0 bridgehead atoms. The summed E-state index contributed by atoms with van der Waals surface area (Å²) in [5.74, 6) is -0.558. The van der Waals surface area contributed by atoms with Gasteiger partial charge in [0.25, 0.3) is 0 Å². The molecule has 0 saturated carbocycles. The summed E-state index contributed by atoms with van der Waals surface area (Å²) < 4.78 is 31.6. The van der Waals surface area contributed by atoms with E-state index in [4.69, 9.17) is 4.74 Å². The van der Waals surface area contributed by atoms with Gasteiger partial charge in [-0.1, -0.05) is 6.07 Å². The van der Waals surface area contributed by atoms with Gasteiger partial charge in [0.2, 0.25) is 0 Å². The Hall–Kier alpha value is -2.23. The van der Waals surface area contributed by atoms with E-state index in [9.17, 15) is 13.6 Å². The largest absolute Gasteiger partial charge is 0.454 e. The molecule has 2 aromatic rings. The summed E-state index contributed by atoms with van der Waals surface area (Å²) in [6, 6.07) is 9.57. The predicted octanol–water partition coefficient (Wildman–Crippen LogP) is 3.50. The average molecular weight is 248 g/mol. The van der Waals surface area contributed by atoms with E-state index < -0.39 is 5.82 Å². The van der Waals surface area contributed by atoms with Gasteiger partial charge in [0.15, 0.2) is 11.6 Å². The fraction of sp³-hybridized carbons (Fsp3) is 0.0714. The predicted molar refractivity (Wildman–Crippen MR) is 62.6 cm³/mol. The minimum Gasteiger partial charge on any atom is -0.454 e. The van der Waals surface area contributed by atoms with E-state index in [1.54, 1.807) is 6.07 Å². The topological polar surface area (TPSA) is 26.3 Å². The van der Waals surface area contributed by atoms with Crippen LogP contribution in [0.5, 0.6) is 11.5 Å². The summed E-state index contributed by atoms with van der Waals surface area (Å²) in [4.78, 5) is 10.3. The highest BCUT2D eigenvalue weighted by Crippen LogP contribution is 2.25. The van der Waals surface area contributed by atoms with Gasteiger partial charge in [0, 0.05) is 6.42 Å². The lowest BCUT2D eigenvalue weighted by Crippen LogP contribution is -1.92. The summed E-state index contributed by atoms with van der Waals surface area (Å²) in [5.41, 5.74) is 0.578. The van der Waals surface area contributed by atoms with Gasteiger partial charge in [-0.05, 0) is 42.0 Å². The maximum Gasteiger partial charge on any atom is 0.166 e. The van der Waals surface area contributed by atoms with E-state index in [0.29, 0.717) is 17.6 Å². The molecule has 92 valence electrons. The third-order valence-electron chi connectivity index (χ3n) is 2.36. The first-order valence-corrected chi connectivity index (χ1v) is 5.34. The van der Waals surface area contributed by atoms with Crippen molar-refractivity contribution in [2.75, 3.05) is 0 Å². The molecular weight excluding hydrogens is 238 g/mol. The number of halogens is 2. The SMILES string of the molecule is O=CCc1ccc(Oc2ccc(F)cc2)c(F)c1. The van der Waals surface area contributed by atoms with Crippen LogP contribution in [0.1, 0.15) is 5.56 Å². The molecule has 2 rings (SSSR count). The fourth-order valence-corrected chi connectivity index (χ4v) is 1.48. The second kappa shape index (κ2) is 5.40. The van der Waals surface area contributed by atoms with Crippen molar-refractivity contribution in [3.05, 3.63) is 59.7 Å². The maximum absolute atomic E-state index is 13.6. The van der Waals surface area contributed by atoms with E-state index in [-0.39, 0.29) is 18.0 Å². The van der Waals surface area contributed by atoms with Crippen LogP contribution in [-0.2, 0) is 11.2 Å². The molecular formula is C14H10F2O2. The standard InChI is InChI=1S/C14H10F2O2/c15-11-2-4-12(5-3-11)18-14-6-1-10(7-8-17)9-13(14)16/h1-6,8-9H,7H2. The third-order valence-corrected chi connectivity index (χ3v) is 2.36. The van der Waals surface area contributed by atoms with E-state index >= 15 is 0 Å². The van der Waals surface area contributed by atoms with Gasteiger partial charge in [-0.15, -0.1) is 0 Å². The van der Waals surface area contributed by atoms with Gasteiger partial charge in [0.1, 0.15) is 17.9 Å². The number of hydrogen-bond donors (Lipinski definition) is 0. The molecule has 0 aromatic heterocycles. The molecule has 0 spiro atoms. The first-order chi connectivity index (χ1) is 8.69. The second-order valence-electron chi connectivity index (χ2n) is 3.69. The van der Waals surface area contributed by atoms with Crippen LogP contribution in [0.2, 0.25) is 0 Å². The van der Waals surface area contributed by atoms with Crippen LogP contribution >= 0.6 is 0 Å². The number of ether oxygens (including phenoxy) is 1. The van der Waals surface area contributed by atoms with E-state index in [2.05, 4.69) is 0 Å². The normalized spacial score (nSPS) is 10.1. The molecule has 0 unspecified atom stereocenters. The van der Waals surface area contributed by atoms with Gasteiger partial charge < -0.3 is 9.53 Å². The molecule has 0 fully saturated rings. The molecule has 0 aliphatic heterocycles. The Balaban J connectivity index is 2.18. The van der Waals surface area contributed by atoms with Crippen molar-refractivity contribution in [2.24, 2.45) is 0 Å². The van der Waals surface area contributed by atoms with Crippen LogP contribution < -0.4 is 4.74 Å². The van der Waals surface area contributed by atoms with Crippen molar-refractivity contribution in [1.29, 1.82) is 0 Å². The van der Waals surface area contributed by atoms with E-state index in [1.165, 1.54) is 36.4 Å². The molecule has 0 saturated heterocycles. The number of carbonyl (C=O) groups excluding carboxylic acids is 1. The summed E-state index contributed by atoms with van der Waals surface area (Å²) in [7, 11) is 0. The van der Waals surface area contributed by atoms with Crippen molar-refractivity contribution in [1.82, 2.24) is 0 Å². The van der Waals surface area contributed by atoms with Crippen LogP contribution in [0, 0.1) is 11.6 Å². The Bertz CT molecular complexity index is 550. The van der Waals surface area contributed by atoms with Crippen LogP contribution in [0.3, 0.4) is 0 Å². The number of carbonyl (C=O) groups is 1. The Morgan fingerprint density at radius 3 is 2.39 bits per heavy atom. The summed E-state index contributed by atoms with van der Waals surface area (Å²) in [6.45, 7) is 0. The van der Waals surface area contributed by atoms with E-state index in [1.807, 2.05) is 0 Å². The van der Waals surface area contributed by atoms with Crippen LogP contribution in [0.25, 0.3) is 0 Å². The molecule has 18 heavy (non-hydrogen) atoms. The van der Waals surface area contributed by atoms with Gasteiger partial charge in [-0.3, -0.25) is 0 Å². The highest BCUT2D eigenvalue weighted by atomic mass is 19.1. The van der Waals surface area contributed by atoms with Crippen molar-refractivity contribution in [3.63, 3.8) is 0 Å². The van der Waals surface area contributed by atoms with Crippen molar-refractivity contribution >= 4 is 6.29 Å². The molecule has 4 heteroatoms. The van der Waals surface area contributed by atoms with Gasteiger partial charge in [-0.25, -0.2) is 8.78 Å². The Morgan fingerprint density at radius 2 is 1.78 bits per heavy atom. The quantitative estimate of drug-likeness (QED) is 0.774. The van der Waals surface area contributed by atoms with Gasteiger partial charge in [-0.2, -0.15) is 0 Å². The molecule has 0 heterocycles. The minimum atomic E-state index is -0.557. The van der Waals surface area contributed by atoms with Crippen molar-refractivity contribution < 1.29 is 18.3 Å². The molecule has 0 N–H and O–H groups in total. The minimum absolute atomic E-state index is 0.0382. The highest BCUT2D eigenvalue weighted by molar-refractivity contribution is 5.55. The third kappa shape index (κ3) is 2.91. The number of aldehydes is 1. The lowest BCUT2D eigenvalue weighted by atomic mass is 10.1. The van der Waals surface area contributed by atoms with Gasteiger partial charge in [0.05, 0.1) is 0 Å². The monoisotopic (exact) mass is 248 g/mol. The second-order valence-corrected chi connectivity index (χ2v) is 3.69.